The van der Waals surface area contributed by atoms with Gasteiger partial charge in [-0.05, 0) is 37.9 Å². The third-order valence-corrected chi connectivity index (χ3v) is 4.00. The number of rotatable bonds is 4. The molecule has 1 unspecified atom stereocenters. The van der Waals surface area contributed by atoms with Gasteiger partial charge < -0.3 is 10.2 Å². The largest absolute Gasteiger partial charge is 0.354 e. The highest BCUT2D eigenvalue weighted by molar-refractivity contribution is 7.10. The maximum absolute atomic E-state index is 11.7. The lowest BCUT2D eigenvalue weighted by molar-refractivity contribution is -0.120. The van der Waals surface area contributed by atoms with Crippen LogP contribution in [0.5, 0.6) is 0 Å². The molecule has 1 atom stereocenters. The van der Waals surface area contributed by atoms with E-state index in [9.17, 15) is 4.79 Å². The maximum Gasteiger partial charge on any atom is 0.225 e. The Balaban J connectivity index is 1.71. The lowest BCUT2D eigenvalue weighted by Crippen LogP contribution is -2.38. The fourth-order valence-corrected chi connectivity index (χ4v) is 2.81. The van der Waals surface area contributed by atoms with Gasteiger partial charge in [0, 0.05) is 17.5 Å². The Morgan fingerprint density at radius 2 is 2.56 bits per heavy atom. The summed E-state index contributed by atoms with van der Waals surface area (Å²) in [4.78, 5) is 15.1. The van der Waals surface area contributed by atoms with Crippen LogP contribution in [0.3, 0.4) is 0 Å². The molecule has 1 amide bonds. The van der Waals surface area contributed by atoms with Crippen LogP contribution in [-0.2, 0) is 11.2 Å². The number of nitrogens with one attached hydrogen (secondary N) is 1. The molecule has 0 spiro atoms. The van der Waals surface area contributed by atoms with Crippen LogP contribution in [0.2, 0.25) is 0 Å². The van der Waals surface area contributed by atoms with Gasteiger partial charge in [-0.15, -0.1) is 11.3 Å². The first-order valence-corrected chi connectivity index (χ1v) is 6.63. The molecule has 3 nitrogen and oxygen atoms in total. The Labute approximate surface area is 100 Å². The molecule has 1 aliphatic heterocycles. The quantitative estimate of drug-likeness (QED) is 0.862. The molecule has 0 bridgehead atoms. The molecule has 1 N–H and O–H groups in total. The number of amides is 1. The van der Waals surface area contributed by atoms with Crippen LogP contribution in [0, 0.1) is 0 Å². The van der Waals surface area contributed by atoms with E-state index in [0.29, 0.717) is 12.5 Å². The highest BCUT2D eigenvalue weighted by atomic mass is 32.1. The van der Waals surface area contributed by atoms with Crippen LogP contribution < -0.4 is 5.32 Å². The highest BCUT2D eigenvalue weighted by Gasteiger charge is 2.20. The average Bonchev–Trinajstić information content (AvgIpc) is 2.87. The van der Waals surface area contributed by atoms with Gasteiger partial charge in [-0.1, -0.05) is 6.07 Å². The SMILES string of the molecule is CN1CCCC1CNC(=O)Cc1cccs1. The van der Waals surface area contributed by atoms with Gasteiger partial charge in [-0.25, -0.2) is 0 Å². The maximum atomic E-state index is 11.7. The molecule has 0 aliphatic carbocycles. The fourth-order valence-electron chi connectivity index (χ4n) is 2.10. The third kappa shape index (κ3) is 3.06. The highest BCUT2D eigenvalue weighted by Crippen LogP contribution is 2.13. The Hall–Kier alpha value is -0.870. The predicted molar refractivity (Wildman–Crippen MR) is 66.7 cm³/mol. The summed E-state index contributed by atoms with van der Waals surface area (Å²) in [6.07, 6.45) is 2.98. The van der Waals surface area contributed by atoms with Crippen molar-refractivity contribution in [2.45, 2.75) is 25.3 Å². The normalized spacial score (nSPS) is 21.2. The van der Waals surface area contributed by atoms with Crippen LogP contribution in [0.25, 0.3) is 0 Å². The zero-order valence-corrected chi connectivity index (χ0v) is 10.4. The number of hydrogen-bond donors (Lipinski definition) is 1. The lowest BCUT2D eigenvalue weighted by atomic mass is 10.2. The van der Waals surface area contributed by atoms with E-state index in [-0.39, 0.29) is 5.91 Å². The number of likely N-dealkylation sites (N-methyl/N-ethyl adjacent to an activating group) is 1. The molecule has 1 aromatic heterocycles. The zero-order valence-electron chi connectivity index (χ0n) is 9.61. The van der Waals surface area contributed by atoms with E-state index in [4.69, 9.17) is 0 Å². The van der Waals surface area contributed by atoms with E-state index in [1.165, 1.54) is 12.8 Å². The van der Waals surface area contributed by atoms with E-state index < -0.39 is 0 Å². The van der Waals surface area contributed by atoms with Crippen molar-refractivity contribution in [1.82, 2.24) is 10.2 Å². The van der Waals surface area contributed by atoms with Crippen molar-refractivity contribution in [3.8, 4) is 0 Å². The van der Waals surface area contributed by atoms with Crippen molar-refractivity contribution in [1.29, 1.82) is 0 Å². The molecule has 1 fully saturated rings. The summed E-state index contributed by atoms with van der Waals surface area (Å²) >= 11 is 1.64. The standard InChI is InChI=1S/C12H18N2OS/c1-14-6-2-4-10(14)9-13-12(15)8-11-5-3-7-16-11/h3,5,7,10H,2,4,6,8-9H2,1H3,(H,13,15). The van der Waals surface area contributed by atoms with Crippen molar-refractivity contribution in [2.24, 2.45) is 0 Å². The third-order valence-electron chi connectivity index (χ3n) is 3.12. The van der Waals surface area contributed by atoms with Crippen LogP contribution >= 0.6 is 11.3 Å². The summed E-state index contributed by atoms with van der Waals surface area (Å²) < 4.78 is 0. The van der Waals surface area contributed by atoms with Crippen molar-refractivity contribution in [3.63, 3.8) is 0 Å². The molecule has 16 heavy (non-hydrogen) atoms. The van der Waals surface area contributed by atoms with E-state index >= 15 is 0 Å². The fraction of sp³-hybridized carbons (Fsp3) is 0.583. The molecular formula is C12H18N2OS. The minimum Gasteiger partial charge on any atom is -0.354 e. The van der Waals surface area contributed by atoms with Crippen LogP contribution in [0.1, 0.15) is 17.7 Å². The smallest absolute Gasteiger partial charge is 0.225 e. The Morgan fingerprint density at radius 1 is 1.69 bits per heavy atom. The van der Waals surface area contributed by atoms with Gasteiger partial charge in [0.15, 0.2) is 0 Å². The summed E-state index contributed by atoms with van der Waals surface area (Å²) in [5.41, 5.74) is 0. The first-order valence-electron chi connectivity index (χ1n) is 5.75. The lowest BCUT2D eigenvalue weighted by Gasteiger charge is -2.19. The molecule has 2 rings (SSSR count). The van der Waals surface area contributed by atoms with Gasteiger partial charge in [-0.3, -0.25) is 4.79 Å². The molecule has 4 heteroatoms. The summed E-state index contributed by atoms with van der Waals surface area (Å²) in [7, 11) is 2.13. The van der Waals surface area contributed by atoms with Crippen molar-refractivity contribution in [2.75, 3.05) is 20.1 Å². The van der Waals surface area contributed by atoms with Crippen molar-refractivity contribution < 1.29 is 4.79 Å². The Morgan fingerprint density at radius 3 is 3.19 bits per heavy atom. The Kier molecular flexibility index (Phi) is 3.96. The monoisotopic (exact) mass is 238 g/mol. The minimum absolute atomic E-state index is 0.141. The summed E-state index contributed by atoms with van der Waals surface area (Å²) in [6, 6.07) is 4.52. The number of carbonyl (C=O) groups excluding carboxylic acids is 1. The van der Waals surface area contributed by atoms with Gasteiger partial charge in [0.05, 0.1) is 6.42 Å². The molecule has 2 heterocycles. The van der Waals surface area contributed by atoms with Gasteiger partial charge in [0.1, 0.15) is 0 Å². The van der Waals surface area contributed by atoms with E-state index in [1.54, 1.807) is 11.3 Å². The average molecular weight is 238 g/mol. The molecule has 0 radical (unpaired) electrons. The summed E-state index contributed by atoms with van der Waals surface area (Å²) in [5.74, 6) is 0.141. The topological polar surface area (TPSA) is 32.3 Å². The summed E-state index contributed by atoms with van der Waals surface area (Å²) in [5, 5.41) is 5.03. The number of likely N-dealkylation sites (tertiary alicyclic amines) is 1. The minimum atomic E-state index is 0.141. The molecule has 0 aromatic carbocycles. The van der Waals surface area contributed by atoms with Gasteiger partial charge >= 0.3 is 0 Å². The molecular weight excluding hydrogens is 220 g/mol. The van der Waals surface area contributed by atoms with E-state index in [0.717, 1.165) is 18.0 Å². The summed E-state index contributed by atoms with van der Waals surface area (Å²) in [6.45, 7) is 1.95. The van der Waals surface area contributed by atoms with Crippen LogP contribution in [0.15, 0.2) is 17.5 Å². The number of hydrogen-bond acceptors (Lipinski definition) is 3. The molecule has 88 valence electrons. The second-order valence-corrected chi connectivity index (χ2v) is 5.37. The van der Waals surface area contributed by atoms with E-state index in [2.05, 4.69) is 17.3 Å². The Bertz CT molecular complexity index is 337. The van der Waals surface area contributed by atoms with Gasteiger partial charge in [0.25, 0.3) is 0 Å². The molecule has 1 aliphatic rings. The first kappa shape index (κ1) is 11.6. The zero-order chi connectivity index (χ0) is 11.4. The van der Waals surface area contributed by atoms with E-state index in [1.807, 2.05) is 17.5 Å². The second-order valence-electron chi connectivity index (χ2n) is 4.34. The molecule has 1 saturated heterocycles. The first-order chi connectivity index (χ1) is 7.75. The van der Waals surface area contributed by atoms with Gasteiger partial charge in [-0.2, -0.15) is 0 Å². The van der Waals surface area contributed by atoms with Crippen molar-refractivity contribution in [3.05, 3.63) is 22.4 Å². The molecule has 0 saturated carbocycles. The number of thiophene rings is 1. The number of nitrogens with zero attached hydrogens (tertiary/aromatic N) is 1. The van der Waals surface area contributed by atoms with Gasteiger partial charge in [0.2, 0.25) is 5.91 Å². The van der Waals surface area contributed by atoms with Crippen LogP contribution in [0.4, 0.5) is 0 Å². The van der Waals surface area contributed by atoms with Crippen molar-refractivity contribution >= 4 is 17.2 Å². The predicted octanol–water partition coefficient (Wildman–Crippen LogP) is 1.50. The number of carbonyl (C=O) groups is 1. The second kappa shape index (κ2) is 5.46. The van der Waals surface area contributed by atoms with Crippen LogP contribution in [-0.4, -0.2) is 37.0 Å². The molecule has 1 aromatic rings.